The fraction of sp³-hybridized carbons (Fsp3) is 0.273. The fourth-order valence-corrected chi connectivity index (χ4v) is 2.17. The first-order valence-corrected chi connectivity index (χ1v) is 6.42. The van der Waals surface area contributed by atoms with Crippen molar-refractivity contribution in [2.24, 2.45) is 0 Å². The molecule has 5 nitrogen and oxygen atoms in total. The Labute approximate surface area is 117 Å². The molecular weight excluding hydrogens is 350 g/mol. The number of imidazole rings is 1. The number of nitrogens with zero attached hydrogens (tertiary/aromatic N) is 2. The first-order chi connectivity index (χ1) is 8.49. The Morgan fingerprint density at radius 3 is 3.00 bits per heavy atom. The van der Waals surface area contributed by atoms with Crippen LogP contribution in [-0.4, -0.2) is 22.0 Å². The third-order valence-corrected chi connectivity index (χ3v) is 3.36. The molecule has 1 amide bonds. The summed E-state index contributed by atoms with van der Waals surface area (Å²) in [6, 6.07) is 3.06. The van der Waals surface area contributed by atoms with E-state index in [4.69, 9.17) is 5.73 Å². The van der Waals surface area contributed by atoms with Gasteiger partial charge in [-0.2, -0.15) is 0 Å². The maximum Gasteiger partial charge on any atom is 0.216 e. The molecule has 2 aromatic rings. The normalized spacial score (nSPS) is 10.8. The SMILES string of the molecule is CC(=O)NCCn1c(N)nc2cc(I)c(F)cc21. The van der Waals surface area contributed by atoms with Crippen molar-refractivity contribution in [1.82, 2.24) is 14.9 Å². The lowest BCUT2D eigenvalue weighted by Crippen LogP contribution is -2.24. The third kappa shape index (κ3) is 2.55. The number of nitrogens with two attached hydrogens (primary N) is 1. The van der Waals surface area contributed by atoms with Gasteiger partial charge < -0.3 is 15.6 Å². The molecule has 0 aliphatic carbocycles. The van der Waals surface area contributed by atoms with Gasteiger partial charge in [0.2, 0.25) is 11.9 Å². The lowest BCUT2D eigenvalue weighted by atomic mass is 10.3. The van der Waals surface area contributed by atoms with E-state index in [0.717, 1.165) is 0 Å². The van der Waals surface area contributed by atoms with E-state index in [9.17, 15) is 9.18 Å². The number of aromatic nitrogens is 2. The maximum absolute atomic E-state index is 13.5. The molecule has 1 aromatic heterocycles. The van der Waals surface area contributed by atoms with Crippen molar-refractivity contribution in [3.8, 4) is 0 Å². The van der Waals surface area contributed by atoms with Crippen LogP contribution in [0.3, 0.4) is 0 Å². The van der Waals surface area contributed by atoms with Crippen molar-refractivity contribution in [2.75, 3.05) is 12.3 Å². The Balaban J connectivity index is 2.34. The predicted molar refractivity (Wildman–Crippen MR) is 75.5 cm³/mol. The van der Waals surface area contributed by atoms with Crippen LogP contribution in [0.2, 0.25) is 0 Å². The minimum Gasteiger partial charge on any atom is -0.369 e. The van der Waals surface area contributed by atoms with Crippen LogP contribution in [0.5, 0.6) is 0 Å². The van der Waals surface area contributed by atoms with E-state index >= 15 is 0 Å². The summed E-state index contributed by atoms with van der Waals surface area (Å²) < 4.78 is 15.7. The van der Waals surface area contributed by atoms with E-state index in [2.05, 4.69) is 10.3 Å². The van der Waals surface area contributed by atoms with Crippen molar-refractivity contribution in [3.05, 3.63) is 21.5 Å². The average Bonchev–Trinajstić information content (AvgIpc) is 2.56. The van der Waals surface area contributed by atoms with Crippen LogP contribution in [0.4, 0.5) is 10.3 Å². The summed E-state index contributed by atoms with van der Waals surface area (Å²) in [5, 5.41) is 2.66. The summed E-state index contributed by atoms with van der Waals surface area (Å²) in [4.78, 5) is 15.0. The van der Waals surface area contributed by atoms with Crippen molar-refractivity contribution in [3.63, 3.8) is 0 Å². The minimum atomic E-state index is -0.302. The van der Waals surface area contributed by atoms with Crippen LogP contribution < -0.4 is 11.1 Å². The molecule has 0 saturated carbocycles. The highest BCUT2D eigenvalue weighted by molar-refractivity contribution is 14.1. The number of anilines is 1. The molecule has 2 rings (SSSR count). The van der Waals surface area contributed by atoms with Crippen LogP contribution in [-0.2, 0) is 11.3 Å². The number of carbonyl (C=O) groups is 1. The third-order valence-electron chi connectivity index (χ3n) is 2.53. The zero-order chi connectivity index (χ0) is 13.3. The van der Waals surface area contributed by atoms with Crippen molar-refractivity contribution >= 4 is 45.5 Å². The molecule has 1 aromatic carbocycles. The van der Waals surface area contributed by atoms with Gasteiger partial charge in [-0.15, -0.1) is 0 Å². The summed E-state index contributed by atoms with van der Waals surface area (Å²) in [6.45, 7) is 2.33. The largest absolute Gasteiger partial charge is 0.369 e. The van der Waals surface area contributed by atoms with Gasteiger partial charge in [-0.25, -0.2) is 9.37 Å². The Bertz CT molecular complexity index is 611. The summed E-state index contributed by atoms with van der Waals surface area (Å²) >= 11 is 1.91. The van der Waals surface area contributed by atoms with Crippen molar-refractivity contribution in [1.29, 1.82) is 0 Å². The molecule has 3 N–H and O–H groups in total. The molecule has 0 fully saturated rings. The molecule has 0 aliphatic heterocycles. The molecule has 0 unspecified atom stereocenters. The second kappa shape index (κ2) is 5.09. The highest BCUT2D eigenvalue weighted by atomic mass is 127. The molecule has 1 heterocycles. The molecule has 0 bridgehead atoms. The number of nitrogen functional groups attached to an aromatic ring is 1. The summed E-state index contributed by atoms with van der Waals surface area (Å²) in [7, 11) is 0. The molecule has 0 aliphatic rings. The Morgan fingerprint density at radius 2 is 2.33 bits per heavy atom. The van der Waals surface area contributed by atoms with E-state index in [1.165, 1.54) is 13.0 Å². The predicted octanol–water partition coefficient (Wildman–Crippen LogP) is 1.50. The molecule has 96 valence electrons. The van der Waals surface area contributed by atoms with Crippen LogP contribution in [0, 0.1) is 9.39 Å². The fourth-order valence-electron chi connectivity index (χ4n) is 1.72. The van der Waals surface area contributed by atoms with E-state index in [0.29, 0.717) is 33.6 Å². The maximum atomic E-state index is 13.5. The van der Waals surface area contributed by atoms with Crippen LogP contribution in [0.1, 0.15) is 6.92 Å². The highest BCUT2D eigenvalue weighted by Gasteiger charge is 2.11. The average molecular weight is 362 g/mol. The molecule has 0 spiro atoms. The van der Waals surface area contributed by atoms with Gasteiger partial charge in [0.25, 0.3) is 0 Å². The second-order valence-corrected chi connectivity index (χ2v) is 5.02. The minimum absolute atomic E-state index is 0.112. The van der Waals surface area contributed by atoms with Gasteiger partial charge in [-0.1, -0.05) is 0 Å². The zero-order valence-electron chi connectivity index (χ0n) is 9.70. The lowest BCUT2D eigenvalue weighted by Gasteiger charge is -2.07. The quantitative estimate of drug-likeness (QED) is 0.813. The smallest absolute Gasteiger partial charge is 0.216 e. The van der Waals surface area contributed by atoms with Crippen LogP contribution in [0.25, 0.3) is 11.0 Å². The number of hydrogen-bond donors (Lipinski definition) is 2. The number of fused-ring (bicyclic) bond motifs is 1. The van der Waals surface area contributed by atoms with Gasteiger partial charge >= 0.3 is 0 Å². The van der Waals surface area contributed by atoms with Crippen molar-refractivity contribution < 1.29 is 9.18 Å². The monoisotopic (exact) mass is 362 g/mol. The van der Waals surface area contributed by atoms with Gasteiger partial charge in [0, 0.05) is 26.1 Å². The van der Waals surface area contributed by atoms with Gasteiger partial charge in [-0.05, 0) is 28.7 Å². The molecule has 0 radical (unpaired) electrons. The Kier molecular flexibility index (Phi) is 3.69. The summed E-state index contributed by atoms with van der Waals surface area (Å²) in [5.41, 5.74) is 7.07. The van der Waals surface area contributed by atoms with E-state index in [1.54, 1.807) is 10.6 Å². The topological polar surface area (TPSA) is 72.9 Å². The van der Waals surface area contributed by atoms with Gasteiger partial charge in [-0.3, -0.25) is 4.79 Å². The number of halogens is 2. The number of nitrogens with one attached hydrogen (secondary N) is 1. The van der Waals surface area contributed by atoms with Crippen molar-refractivity contribution in [2.45, 2.75) is 13.5 Å². The Morgan fingerprint density at radius 1 is 1.61 bits per heavy atom. The standard InChI is InChI=1S/C11H12FIN4O/c1-6(18)15-2-3-17-10-4-7(12)8(13)5-9(10)16-11(17)14/h4-5H,2-3H2,1H3,(H2,14,16)(H,15,18). The highest BCUT2D eigenvalue weighted by Crippen LogP contribution is 2.22. The first-order valence-electron chi connectivity index (χ1n) is 5.34. The van der Waals surface area contributed by atoms with Gasteiger partial charge in [0.05, 0.1) is 14.6 Å². The molecule has 0 saturated heterocycles. The summed E-state index contributed by atoms with van der Waals surface area (Å²) in [5.74, 6) is -0.0979. The van der Waals surface area contributed by atoms with E-state index in [-0.39, 0.29) is 11.7 Å². The van der Waals surface area contributed by atoms with Crippen LogP contribution >= 0.6 is 22.6 Å². The summed E-state index contributed by atoms with van der Waals surface area (Å²) in [6.07, 6.45) is 0. The molecule has 7 heteroatoms. The molecule has 18 heavy (non-hydrogen) atoms. The second-order valence-electron chi connectivity index (χ2n) is 3.86. The molecular formula is C11H12FIN4O. The molecule has 0 atom stereocenters. The number of benzene rings is 1. The number of hydrogen-bond acceptors (Lipinski definition) is 3. The van der Waals surface area contributed by atoms with E-state index in [1.807, 2.05) is 22.6 Å². The first kappa shape index (κ1) is 13.1. The number of amides is 1. The number of carbonyl (C=O) groups excluding carboxylic acids is 1. The van der Waals surface area contributed by atoms with E-state index < -0.39 is 0 Å². The van der Waals surface area contributed by atoms with Crippen LogP contribution in [0.15, 0.2) is 12.1 Å². The lowest BCUT2D eigenvalue weighted by molar-refractivity contribution is -0.118. The van der Waals surface area contributed by atoms with Gasteiger partial charge in [0.1, 0.15) is 5.82 Å². The Hall–Kier alpha value is -1.38. The number of rotatable bonds is 3. The zero-order valence-corrected chi connectivity index (χ0v) is 11.9. The van der Waals surface area contributed by atoms with Gasteiger partial charge in [0.15, 0.2) is 0 Å².